The molecule has 0 atom stereocenters. The van der Waals surface area contributed by atoms with Crippen LogP contribution in [0.1, 0.15) is 15.9 Å². The highest BCUT2D eigenvalue weighted by atomic mass is 16.3. The highest BCUT2D eigenvalue weighted by Gasteiger charge is 2.09. The van der Waals surface area contributed by atoms with Gasteiger partial charge in [0.05, 0.1) is 11.8 Å². The number of hydrogen-bond acceptors (Lipinski definition) is 6. The average Bonchev–Trinajstić information content (AvgIpc) is 2.42. The number of para-hydroxylation sites is 1. The summed E-state index contributed by atoms with van der Waals surface area (Å²) in [5.74, 6) is -1.61. The molecule has 0 aliphatic rings. The zero-order valence-corrected chi connectivity index (χ0v) is 10.5. The van der Waals surface area contributed by atoms with Crippen LogP contribution in [-0.2, 0) is 0 Å². The topological polar surface area (TPSA) is 148 Å². The molecule has 2 rings (SSSR count). The van der Waals surface area contributed by atoms with Gasteiger partial charge in [0.1, 0.15) is 11.3 Å². The van der Waals surface area contributed by atoms with E-state index < -0.39 is 23.0 Å². The second kappa shape index (κ2) is 5.74. The number of aromatic hydroxyl groups is 2. The van der Waals surface area contributed by atoms with Gasteiger partial charge in [-0.2, -0.15) is 5.10 Å². The lowest BCUT2D eigenvalue weighted by molar-refractivity contribution is 0.0952. The number of amides is 1. The molecule has 1 aromatic heterocycles. The number of phenolic OH excluding ortho intramolecular Hbond substituents is 1. The Labute approximate surface area is 116 Å². The Bertz CT molecular complexity index is 821. The van der Waals surface area contributed by atoms with Crippen LogP contribution in [0.25, 0.3) is 0 Å². The number of benzene rings is 1. The molecule has 1 heterocycles. The van der Waals surface area contributed by atoms with Crippen LogP contribution < -0.4 is 16.7 Å². The molecule has 9 heteroatoms. The predicted octanol–water partition coefficient (Wildman–Crippen LogP) is -0.762. The molecule has 9 nitrogen and oxygen atoms in total. The standard InChI is InChI=1S/C12H10N4O5/c17-8-4-2-1-3-6(8)11(20)16-13-5-7-9(18)14-12(21)15-10(7)19/h1-5,17H,(H,16,20)(H3,14,15,18,19,21)/b13-5+. The van der Waals surface area contributed by atoms with Crippen LogP contribution >= 0.6 is 0 Å². The Balaban J connectivity index is 2.17. The van der Waals surface area contributed by atoms with Gasteiger partial charge in [-0.25, -0.2) is 10.2 Å². The van der Waals surface area contributed by atoms with Gasteiger partial charge in [0.25, 0.3) is 11.5 Å². The lowest BCUT2D eigenvalue weighted by Crippen LogP contribution is -2.25. The van der Waals surface area contributed by atoms with E-state index in [4.69, 9.17) is 0 Å². The number of hydrazone groups is 1. The molecule has 0 bridgehead atoms. The first-order chi connectivity index (χ1) is 9.99. The number of nitrogens with one attached hydrogen (secondary N) is 3. The summed E-state index contributed by atoms with van der Waals surface area (Å²) in [7, 11) is 0. The van der Waals surface area contributed by atoms with Crippen LogP contribution in [0.3, 0.4) is 0 Å². The molecule has 1 amide bonds. The summed E-state index contributed by atoms with van der Waals surface area (Å²) in [4.78, 5) is 37.8. The van der Waals surface area contributed by atoms with E-state index in [0.29, 0.717) is 0 Å². The number of carbonyl (C=O) groups is 1. The van der Waals surface area contributed by atoms with Crippen LogP contribution in [0.5, 0.6) is 11.6 Å². The minimum absolute atomic E-state index is 0.00532. The van der Waals surface area contributed by atoms with E-state index in [0.717, 1.165) is 6.21 Å². The Hall–Kier alpha value is -3.36. The number of aromatic nitrogens is 2. The summed E-state index contributed by atoms with van der Waals surface area (Å²) in [6.07, 6.45) is 0.863. The minimum atomic E-state index is -0.868. The summed E-state index contributed by atoms with van der Waals surface area (Å²) in [6.45, 7) is 0. The van der Waals surface area contributed by atoms with E-state index in [2.05, 4.69) is 10.5 Å². The van der Waals surface area contributed by atoms with Crippen molar-refractivity contribution in [2.45, 2.75) is 0 Å². The van der Waals surface area contributed by atoms with Gasteiger partial charge in [-0.15, -0.1) is 0 Å². The molecule has 0 radical (unpaired) electrons. The number of carbonyl (C=O) groups excluding carboxylic acids is 1. The zero-order valence-electron chi connectivity index (χ0n) is 10.5. The SMILES string of the molecule is O=C(N/N=C/c1c(O)[nH]c(=O)[nH]c1=O)c1ccccc1O. The maximum atomic E-state index is 11.7. The first-order valence-corrected chi connectivity index (χ1v) is 5.66. The summed E-state index contributed by atoms with van der Waals surface area (Å²) in [5, 5.41) is 22.3. The number of rotatable bonds is 3. The molecule has 0 saturated carbocycles. The fraction of sp³-hybridized carbons (Fsp3) is 0. The number of H-pyrrole nitrogens is 2. The Morgan fingerprint density at radius 2 is 1.90 bits per heavy atom. The third kappa shape index (κ3) is 3.15. The fourth-order valence-corrected chi connectivity index (χ4v) is 1.49. The van der Waals surface area contributed by atoms with Gasteiger partial charge in [0.2, 0.25) is 5.88 Å². The van der Waals surface area contributed by atoms with Gasteiger partial charge >= 0.3 is 5.69 Å². The number of nitrogens with zero attached hydrogens (tertiary/aromatic N) is 1. The molecular formula is C12H10N4O5. The van der Waals surface area contributed by atoms with Crippen molar-refractivity contribution >= 4 is 12.1 Å². The van der Waals surface area contributed by atoms with E-state index in [1.807, 2.05) is 9.97 Å². The van der Waals surface area contributed by atoms with Crippen molar-refractivity contribution in [3.05, 3.63) is 56.2 Å². The van der Waals surface area contributed by atoms with Crippen LogP contribution in [0.2, 0.25) is 0 Å². The highest BCUT2D eigenvalue weighted by molar-refractivity contribution is 5.97. The Kier molecular flexibility index (Phi) is 3.84. The average molecular weight is 290 g/mol. The summed E-state index contributed by atoms with van der Waals surface area (Å²) >= 11 is 0. The quantitative estimate of drug-likeness (QED) is 0.372. The molecule has 0 aliphatic carbocycles. The van der Waals surface area contributed by atoms with Crippen molar-refractivity contribution in [1.29, 1.82) is 0 Å². The van der Waals surface area contributed by atoms with E-state index in [9.17, 15) is 24.6 Å². The smallest absolute Gasteiger partial charge is 0.328 e. The van der Waals surface area contributed by atoms with E-state index in [1.165, 1.54) is 12.1 Å². The maximum absolute atomic E-state index is 11.7. The van der Waals surface area contributed by atoms with E-state index >= 15 is 0 Å². The molecule has 21 heavy (non-hydrogen) atoms. The van der Waals surface area contributed by atoms with Crippen molar-refractivity contribution in [3.63, 3.8) is 0 Å². The largest absolute Gasteiger partial charge is 0.507 e. The Morgan fingerprint density at radius 3 is 2.57 bits per heavy atom. The van der Waals surface area contributed by atoms with Crippen molar-refractivity contribution < 1.29 is 15.0 Å². The normalized spacial score (nSPS) is 10.7. The molecule has 0 saturated heterocycles. The molecule has 5 N–H and O–H groups in total. The zero-order chi connectivity index (χ0) is 15.4. The summed E-state index contributed by atoms with van der Waals surface area (Å²) in [6, 6.07) is 5.81. The van der Waals surface area contributed by atoms with Crippen molar-refractivity contribution in [2.75, 3.05) is 0 Å². The number of hydrogen-bond donors (Lipinski definition) is 5. The molecule has 0 aliphatic heterocycles. The summed E-state index contributed by atoms with van der Waals surface area (Å²) < 4.78 is 0. The highest BCUT2D eigenvalue weighted by Crippen LogP contribution is 2.14. The van der Waals surface area contributed by atoms with E-state index in [1.54, 1.807) is 12.1 Å². The van der Waals surface area contributed by atoms with Crippen LogP contribution in [0.15, 0.2) is 39.0 Å². The van der Waals surface area contributed by atoms with Gasteiger partial charge in [-0.3, -0.25) is 19.6 Å². The second-order valence-electron chi connectivity index (χ2n) is 3.89. The molecule has 0 unspecified atom stereocenters. The Morgan fingerprint density at radius 1 is 1.19 bits per heavy atom. The monoisotopic (exact) mass is 290 g/mol. The van der Waals surface area contributed by atoms with Crippen LogP contribution in [-0.4, -0.2) is 32.3 Å². The second-order valence-corrected chi connectivity index (χ2v) is 3.89. The van der Waals surface area contributed by atoms with Crippen LogP contribution in [0.4, 0.5) is 0 Å². The lowest BCUT2D eigenvalue weighted by Gasteiger charge is -2.02. The molecule has 1 aromatic carbocycles. The molecule has 0 spiro atoms. The predicted molar refractivity (Wildman–Crippen MR) is 72.5 cm³/mol. The molecule has 2 aromatic rings. The first-order valence-electron chi connectivity index (χ1n) is 5.66. The molecular weight excluding hydrogens is 280 g/mol. The lowest BCUT2D eigenvalue weighted by atomic mass is 10.2. The van der Waals surface area contributed by atoms with Gasteiger partial charge in [-0.05, 0) is 12.1 Å². The van der Waals surface area contributed by atoms with Crippen molar-refractivity contribution in [2.24, 2.45) is 5.10 Å². The van der Waals surface area contributed by atoms with E-state index in [-0.39, 0.29) is 16.9 Å². The van der Waals surface area contributed by atoms with Crippen LogP contribution in [0, 0.1) is 0 Å². The number of aromatic amines is 2. The minimum Gasteiger partial charge on any atom is -0.507 e. The maximum Gasteiger partial charge on any atom is 0.328 e. The van der Waals surface area contributed by atoms with Crippen molar-refractivity contribution in [1.82, 2.24) is 15.4 Å². The van der Waals surface area contributed by atoms with Gasteiger partial charge in [0, 0.05) is 0 Å². The third-order valence-corrected chi connectivity index (χ3v) is 2.47. The number of phenols is 1. The summed E-state index contributed by atoms with van der Waals surface area (Å²) in [5.41, 5.74) is 0.00816. The van der Waals surface area contributed by atoms with Gasteiger partial charge in [0.15, 0.2) is 0 Å². The fourth-order valence-electron chi connectivity index (χ4n) is 1.49. The molecule has 0 fully saturated rings. The van der Waals surface area contributed by atoms with Gasteiger partial charge in [-0.1, -0.05) is 12.1 Å². The third-order valence-electron chi connectivity index (χ3n) is 2.47. The molecule has 108 valence electrons. The van der Waals surface area contributed by atoms with Crippen molar-refractivity contribution in [3.8, 4) is 11.6 Å². The first kappa shape index (κ1) is 14.1. The van der Waals surface area contributed by atoms with Gasteiger partial charge < -0.3 is 10.2 Å².